The van der Waals surface area contributed by atoms with Gasteiger partial charge in [-0.15, -0.1) is 0 Å². The van der Waals surface area contributed by atoms with Gasteiger partial charge < -0.3 is 9.47 Å². The van der Waals surface area contributed by atoms with E-state index >= 15 is 0 Å². The number of amides is 1. The van der Waals surface area contributed by atoms with Crippen molar-refractivity contribution >= 4 is 61.6 Å². The monoisotopic (exact) mass is 640 g/mol. The summed E-state index contributed by atoms with van der Waals surface area (Å²) >= 11 is 12.7. The Labute approximate surface area is 235 Å². The van der Waals surface area contributed by atoms with E-state index < -0.39 is 11.9 Å². The second-order valence-electron chi connectivity index (χ2n) is 7.69. The normalized spacial score (nSPS) is 10.8. The first-order chi connectivity index (χ1) is 17.9. The van der Waals surface area contributed by atoms with Crippen molar-refractivity contribution in [2.45, 2.75) is 6.61 Å². The summed E-state index contributed by atoms with van der Waals surface area (Å²) in [5, 5.41) is 4.59. The highest BCUT2D eigenvalue weighted by Crippen LogP contribution is 2.25. The van der Waals surface area contributed by atoms with Crippen molar-refractivity contribution in [1.82, 2.24) is 5.43 Å². The number of ether oxygens (including phenoxy) is 2. The number of carbonyl (C=O) groups excluding carboxylic acids is 2. The minimum atomic E-state index is -0.549. The Morgan fingerprint density at radius 1 is 0.865 bits per heavy atom. The number of hydrogen-bond donors (Lipinski definition) is 1. The lowest BCUT2D eigenvalue weighted by Crippen LogP contribution is -2.19. The Hall–Kier alpha value is -3.46. The molecule has 37 heavy (non-hydrogen) atoms. The lowest BCUT2D eigenvalue weighted by atomic mass is 10.2. The molecule has 0 bridgehead atoms. The number of nitrogens with zero attached hydrogens (tertiary/aromatic N) is 1. The molecule has 4 rings (SSSR count). The molecular formula is C28H19Br2ClN2O4. The number of carbonyl (C=O) groups is 2. The van der Waals surface area contributed by atoms with E-state index in [9.17, 15) is 9.59 Å². The maximum Gasteiger partial charge on any atom is 0.343 e. The van der Waals surface area contributed by atoms with Gasteiger partial charge in [0.1, 0.15) is 18.1 Å². The highest BCUT2D eigenvalue weighted by Gasteiger charge is 2.14. The van der Waals surface area contributed by atoms with Gasteiger partial charge in [-0.25, -0.2) is 10.2 Å². The topological polar surface area (TPSA) is 77.0 Å². The van der Waals surface area contributed by atoms with Crippen LogP contribution < -0.4 is 14.9 Å². The van der Waals surface area contributed by atoms with Crippen LogP contribution in [0.15, 0.2) is 105 Å². The lowest BCUT2D eigenvalue weighted by molar-refractivity contribution is 0.0734. The van der Waals surface area contributed by atoms with Crippen molar-refractivity contribution < 1.29 is 19.1 Å². The van der Waals surface area contributed by atoms with E-state index in [0.717, 1.165) is 14.5 Å². The second-order valence-corrected chi connectivity index (χ2v) is 9.96. The Morgan fingerprint density at radius 2 is 1.54 bits per heavy atom. The van der Waals surface area contributed by atoms with Crippen LogP contribution in [0.4, 0.5) is 0 Å². The fourth-order valence-electron chi connectivity index (χ4n) is 3.22. The van der Waals surface area contributed by atoms with Crippen molar-refractivity contribution in [3.05, 3.63) is 127 Å². The first-order valence-corrected chi connectivity index (χ1v) is 12.9. The summed E-state index contributed by atoms with van der Waals surface area (Å²) in [6.07, 6.45) is 1.40. The molecule has 0 saturated carbocycles. The van der Waals surface area contributed by atoms with Crippen LogP contribution in [-0.4, -0.2) is 18.1 Å². The summed E-state index contributed by atoms with van der Waals surface area (Å²) in [4.78, 5) is 25.5. The van der Waals surface area contributed by atoms with E-state index in [1.807, 2.05) is 30.3 Å². The number of benzene rings is 4. The molecule has 6 nitrogen and oxygen atoms in total. The molecule has 0 aliphatic rings. The number of rotatable bonds is 8. The molecule has 4 aromatic carbocycles. The van der Waals surface area contributed by atoms with Gasteiger partial charge in [-0.3, -0.25) is 4.79 Å². The van der Waals surface area contributed by atoms with Gasteiger partial charge in [0.2, 0.25) is 0 Å². The molecule has 0 spiro atoms. The third kappa shape index (κ3) is 7.52. The highest BCUT2D eigenvalue weighted by molar-refractivity contribution is 9.10. The molecule has 0 saturated heterocycles. The fourth-order valence-corrected chi connectivity index (χ4v) is 4.09. The maximum atomic E-state index is 12.9. The van der Waals surface area contributed by atoms with Crippen LogP contribution in [0.5, 0.6) is 11.5 Å². The van der Waals surface area contributed by atoms with Crippen LogP contribution in [0.1, 0.15) is 31.8 Å². The average molecular weight is 643 g/mol. The molecule has 4 aromatic rings. The summed E-state index contributed by atoms with van der Waals surface area (Å²) in [5.41, 5.74) is 4.63. The van der Waals surface area contributed by atoms with E-state index in [4.69, 9.17) is 21.1 Å². The number of hydrogen-bond acceptors (Lipinski definition) is 5. The minimum absolute atomic E-state index is 0.274. The Bertz CT molecular complexity index is 1440. The smallest absolute Gasteiger partial charge is 0.343 e. The SMILES string of the molecule is O=C(Oc1ccc(Br)cc1C=NNC(=O)c1cc(Br)ccc1OCc1ccccc1)c1ccc(Cl)cc1. The standard InChI is InChI=1S/C28H19Br2ClN2O4/c29-21-8-12-25(37-28(35)19-6-10-23(31)11-7-19)20(14-21)16-32-33-27(34)24-15-22(30)9-13-26(24)36-17-18-4-2-1-3-5-18/h1-16H,17H2,(H,33,34). The molecule has 1 amide bonds. The van der Waals surface area contributed by atoms with Gasteiger partial charge in [0.15, 0.2) is 0 Å². The fraction of sp³-hybridized carbons (Fsp3) is 0.0357. The summed E-state index contributed by atoms with van der Waals surface area (Å²) in [6, 6.07) is 26.3. The van der Waals surface area contributed by atoms with Crippen LogP contribution in [0.2, 0.25) is 5.02 Å². The summed E-state index contributed by atoms with van der Waals surface area (Å²) in [5.74, 6) is -0.322. The molecule has 0 aromatic heterocycles. The minimum Gasteiger partial charge on any atom is -0.488 e. The Balaban J connectivity index is 1.47. The van der Waals surface area contributed by atoms with Crippen molar-refractivity contribution in [1.29, 1.82) is 0 Å². The molecule has 0 fully saturated rings. The van der Waals surface area contributed by atoms with Gasteiger partial charge in [-0.2, -0.15) is 5.10 Å². The van der Waals surface area contributed by atoms with Crippen molar-refractivity contribution in [3.63, 3.8) is 0 Å². The first-order valence-electron chi connectivity index (χ1n) is 11.0. The first kappa shape index (κ1) is 26.6. The van der Waals surface area contributed by atoms with E-state index in [-0.39, 0.29) is 5.75 Å². The molecule has 0 aliphatic heterocycles. The maximum absolute atomic E-state index is 12.9. The molecule has 0 heterocycles. The molecule has 1 N–H and O–H groups in total. The van der Waals surface area contributed by atoms with Gasteiger partial charge in [-0.1, -0.05) is 73.8 Å². The summed E-state index contributed by atoms with van der Waals surface area (Å²) in [7, 11) is 0. The van der Waals surface area contributed by atoms with E-state index in [1.54, 1.807) is 60.7 Å². The third-order valence-corrected chi connectivity index (χ3v) is 6.29. The Morgan fingerprint density at radius 3 is 2.27 bits per heavy atom. The predicted molar refractivity (Wildman–Crippen MR) is 151 cm³/mol. The van der Waals surface area contributed by atoms with Crippen LogP contribution in [0.25, 0.3) is 0 Å². The van der Waals surface area contributed by atoms with E-state index in [1.165, 1.54) is 6.21 Å². The van der Waals surface area contributed by atoms with Gasteiger partial charge >= 0.3 is 5.97 Å². The number of hydrazone groups is 1. The van der Waals surface area contributed by atoms with Gasteiger partial charge in [-0.05, 0) is 66.2 Å². The van der Waals surface area contributed by atoms with Crippen LogP contribution in [0.3, 0.4) is 0 Å². The van der Waals surface area contributed by atoms with Crippen molar-refractivity contribution in [2.24, 2.45) is 5.10 Å². The summed E-state index contributed by atoms with van der Waals surface area (Å²) in [6.45, 7) is 0.312. The molecular weight excluding hydrogens is 624 g/mol. The molecule has 9 heteroatoms. The van der Waals surface area contributed by atoms with Gasteiger partial charge in [0.05, 0.1) is 17.3 Å². The lowest BCUT2D eigenvalue weighted by Gasteiger charge is -2.11. The zero-order valence-corrected chi connectivity index (χ0v) is 23.1. The quantitative estimate of drug-likeness (QED) is 0.0939. The number of esters is 1. The third-order valence-electron chi connectivity index (χ3n) is 5.05. The molecule has 0 radical (unpaired) electrons. The zero-order valence-electron chi connectivity index (χ0n) is 19.2. The molecule has 0 unspecified atom stereocenters. The zero-order chi connectivity index (χ0) is 26.2. The van der Waals surface area contributed by atoms with Crippen molar-refractivity contribution in [2.75, 3.05) is 0 Å². The second kappa shape index (κ2) is 12.7. The predicted octanol–water partition coefficient (Wildman–Crippen LogP) is 7.43. The molecule has 0 aliphatic carbocycles. The largest absolute Gasteiger partial charge is 0.488 e. The average Bonchev–Trinajstić information content (AvgIpc) is 2.90. The number of halogens is 3. The van der Waals surface area contributed by atoms with Gasteiger partial charge in [0, 0.05) is 19.5 Å². The van der Waals surface area contributed by atoms with Crippen LogP contribution in [0, 0.1) is 0 Å². The van der Waals surface area contributed by atoms with Crippen LogP contribution in [-0.2, 0) is 6.61 Å². The van der Waals surface area contributed by atoms with Crippen molar-refractivity contribution in [3.8, 4) is 11.5 Å². The Kier molecular flexibility index (Phi) is 9.11. The highest BCUT2D eigenvalue weighted by atomic mass is 79.9. The molecule has 186 valence electrons. The van der Waals surface area contributed by atoms with E-state index in [2.05, 4.69) is 42.4 Å². The summed E-state index contributed by atoms with van der Waals surface area (Å²) < 4.78 is 12.9. The van der Waals surface area contributed by atoms with Gasteiger partial charge in [0.25, 0.3) is 5.91 Å². The van der Waals surface area contributed by atoms with E-state index in [0.29, 0.717) is 34.1 Å². The number of nitrogens with one attached hydrogen (secondary N) is 1. The molecule has 0 atom stereocenters. The van der Waals surface area contributed by atoms with Crippen LogP contribution >= 0.6 is 43.5 Å².